The molecule has 0 amide bonds. The molecule has 0 aromatic rings. The molecule has 1 rings (SSSR count). The standard InChI is InChI=1S/C8H17NO2/c1-7(10)8(11)9-5-3-2-4-6-9/h7-8,10-11H,2-6H2,1H3. The lowest BCUT2D eigenvalue weighted by atomic mass is 10.1. The van der Waals surface area contributed by atoms with E-state index in [1.807, 2.05) is 4.90 Å². The van der Waals surface area contributed by atoms with Crippen LogP contribution in [0.2, 0.25) is 0 Å². The van der Waals surface area contributed by atoms with Crippen LogP contribution in [0.3, 0.4) is 0 Å². The number of piperidine rings is 1. The lowest BCUT2D eigenvalue weighted by Crippen LogP contribution is -2.44. The van der Waals surface area contributed by atoms with Crippen LogP contribution in [0, 0.1) is 0 Å². The average Bonchev–Trinajstić information content (AvgIpc) is 2.05. The van der Waals surface area contributed by atoms with E-state index in [-0.39, 0.29) is 0 Å². The lowest BCUT2D eigenvalue weighted by molar-refractivity contribution is -0.0820. The van der Waals surface area contributed by atoms with Crippen LogP contribution < -0.4 is 0 Å². The van der Waals surface area contributed by atoms with Gasteiger partial charge >= 0.3 is 0 Å². The van der Waals surface area contributed by atoms with Gasteiger partial charge in [-0.25, -0.2) is 0 Å². The fraction of sp³-hybridized carbons (Fsp3) is 1.00. The summed E-state index contributed by atoms with van der Waals surface area (Å²) in [6, 6.07) is 0. The molecule has 2 unspecified atom stereocenters. The van der Waals surface area contributed by atoms with Crippen molar-refractivity contribution in [3.8, 4) is 0 Å². The summed E-state index contributed by atoms with van der Waals surface area (Å²) in [7, 11) is 0. The third-order valence-corrected chi connectivity index (χ3v) is 2.20. The van der Waals surface area contributed by atoms with Crippen LogP contribution in [-0.2, 0) is 0 Å². The van der Waals surface area contributed by atoms with Crippen LogP contribution >= 0.6 is 0 Å². The summed E-state index contributed by atoms with van der Waals surface area (Å²) in [4.78, 5) is 1.94. The van der Waals surface area contributed by atoms with Crippen molar-refractivity contribution in [1.82, 2.24) is 4.90 Å². The van der Waals surface area contributed by atoms with Crippen molar-refractivity contribution in [2.45, 2.75) is 38.5 Å². The fourth-order valence-electron chi connectivity index (χ4n) is 1.49. The molecule has 0 bridgehead atoms. The highest BCUT2D eigenvalue weighted by Gasteiger charge is 2.21. The Bertz CT molecular complexity index is 111. The summed E-state index contributed by atoms with van der Waals surface area (Å²) in [6.45, 7) is 3.47. The number of nitrogens with zero attached hydrogens (tertiary/aromatic N) is 1. The minimum absolute atomic E-state index is 0.631. The Balaban J connectivity index is 2.32. The van der Waals surface area contributed by atoms with Crippen LogP contribution in [0.5, 0.6) is 0 Å². The van der Waals surface area contributed by atoms with Gasteiger partial charge in [-0.05, 0) is 19.8 Å². The van der Waals surface area contributed by atoms with Crippen LogP contribution in [0.25, 0.3) is 0 Å². The molecule has 1 saturated heterocycles. The molecular weight excluding hydrogens is 142 g/mol. The topological polar surface area (TPSA) is 43.7 Å². The highest BCUT2D eigenvalue weighted by molar-refractivity contribution is 4.70. The van der Waals surface area contributed by atoms with Crippen molar-refractivity contribution >= 4 is 0 Å². The zero-order valence-corrected chi connectivity index (χ0v) is 7.03. The Morgan fingerprint density at radius 3 is 2.09 bits per heavy atom. The SMILES string of the molecule is CC(O)C(O)N1CCCCC1. The fourth-order valence-corrected chi connectivity index (χ4v) is 1.49. The Hall–Kier alpha value is -0.120. The van der Waals surface area contributed by atoms with Gasteiger partial charge < -0.3 is 10.2 Å². The first-order valence-corrected chi connectivity index (χ1v) is 4.32. The van der Waals surface area contributed by atoms with Gasteiger partial charge in [-0.2, -0.15) is 0 Å². The second-order valence-electron chi connectivity index (χ2n) is 3.25. The van der Waals surface area contributed by atoms with E-state index in [0.29, 0.717) is 0 Å². The largest absolute Gasteiger partial charge is 0.389 e. The smallest absolute Gasteiger partial charge is 0.133 e. The highest BCUT2D eigenvalue weighted by Crippen LogP contribution is 2.12. The number of hydrogen-bond donors (Lipinski definition) is 2. The third kappa shape index (κ3) is 2.43. The van der Waals surface area contributed by atoms with Gasteiger partial charge in [0.25, 0.3) is 0 Å². The van der Waals surface area contributed by atoms with Crippen molar-refractivity contribution in [3.05, 3.63) is 0 Å². The van der Waals surface area contributed by atoms with E-state index in [1.54, 1.807) is 6.92 Å². The molecule has 3 heteroatoms. The third-order valence-electron chi connectivity index (χ3n) is 2.20. The van der Waals surface area contributed by atoms with Crippen molar-refractivity contribution in [1.29, 1.82) is 0 Å². The number of aliphatic hydroxyl groups excluding tert-OH is 2. The molecule has 0 aromatic carbocycles. The highest BCUT2D eigenvalue weighted by atomic mass is 16.3. The normalized spacial score (nSPS) is 26.5. The molecule has 1 aliphatic heterocycles. The Kier molecular flexibility index (Phi) is 3.30. The monoisotopic (exact) mass is 159 g/mol. The zero-order chi connectivity index (χ0) is 8.27. The van der Waals surface area contributed by atoms with Crippen molar-refractivity contribution in [3.63, 3.8) is 0 Å². The van der Waals surface area contributed by atoms with Gasteiger partial charge in [0.2, 0.25) is 0 Å². The molecule has 0 aliphatic carbocycles. The van der Waals surface area contributed by atoms with Crippen LogP contribution in [0.15, 0.2) is 0 Å². The van der Waals surface area contributed by atoms with E-state index in [2.05, 4.69) is 0 Å². The van der Waals surface area contributed by atoms with E-state index in [4.69, 9.17) is 5.11 Å². The average molecular weight is 159 g/mol. The van der Waals surface area contributed by atoms with Gasteiger partial charge in [-0.15, -0.1) is 0 Å². The second-order valence-corrected chi connectivity index (χ2v) is 3.25. The van der Waals surface area contributed by atoms with E-state index >= 15 is 0 Å². The van der Waals surface area contributed by atoms with E-state index < -0.39 is 12.3 Å². The summed E-state index contributed by atoms with van der Waals surface area (Å²) < 4.78 is 0. The van der Waals surface area contributed by atoms with Crippen LogP contribution in [0.4, 0.5) is 0 Å². The molecule has 2 atom stereocenters. The van der Waals surface area contributed by atoms with Gasteiger partial charge in [0.05, 0.1) is 6.10 Å². The van der Waals surface area contributed by atoms with Crippen molar-refractivity contribution < 1.29 is 10.2 Å². The van der Waals surface area contributed by atoms with Crippen LogP contribution in [-0.4, -0.2) is 40.5 Å². The number of aliphatic hydroxyl groups is 2. The molecule has 66 valence electrons. The minimum atomic E-state index is -0.657. The number of likely N-dealkylation sites (tertiary alicyclic amines) is 1. The van der Waals surface area contributed by atoms with E-state index in [1.165, 1.54) is 6.42 Å². The second kappa shape index (κ2) is 4.04. The molecule has 11 heavy (non-hydrogen) atoms. The minimum Gasteiger partial charge on any atom is -0.389 e. The molecule has 0 spiro atoms. The predicted octanol–water partition coefficient (Wildman–Crippen LogP) is 0.171. The van der Waals surface area contributed by atoms with Crippen molar-refractivity contribution in [2.24, 2.45) is 0 Å². The molecule has 2 N–H and O–H groups in total. The first-order valence-electron chi connectivity index (χ1n) is 4.32. The summed E-state index contributed by atoms with van der Waals surface area (Å²) >= 11 is 0. The number of rotatable bonds is 2. The van der Waals surface area contributed by atoms with Crippen molar-refractivity contribution in [2.75, 3.05) is 13.1 Å². The molecule has 3 nitrogen and oxygen atoms in total. The van der Waals surface area contributed by atoms with Gasteiger partial charge in [-0.3, -0.25) is 4.90 Å². The first-order chi connectivity index (χ1) is 5.22. The molecule has 0 radical (unpaired) electrons. The van der Waals surface area contributed by atoms with Gasteiger partial charge in [0.15, 0.2) is 0 Å². The Labute approximate surface area is 67.6 Å². The summed E-state index contributed by atoms with van der Waals surface area (Å²) in [5.74, 6) is 0. The molecule has 0 aromatic heterocycles. The Morgan fingerprint density at radius 2 is 1.64 bits per heavy atom. The molecule has 1 aliphatic rings. The molecule has 0 saturated carbocycles. The molecule has 1 heterocycles. The van der Waals surface area contributed by atoms with E-state index in [0.717, 1.165) is 25.9 Å². The van der Waals surface area contributed by atoms with Gasteiger partial charge in [0, 0.05) is 13.1 Å². The zero-order valence-electron chi connectivity index (χ0n) is 7.03. The van der Waals surface area contributed by atoms with E-state index in [9.17, 15) is 5.11 Å². The Morgan fingerprint density at radius 1 is 1.09 bits per heavy atom. The maximum atomic E-state index is 9.43. The maximum Gasteiger partial charge on any atom is 0.133 e. The van der Waals surface area contributed by atoms with Gasteiger partial charge in [-0.1, -0.05) is 6.42 Å². The lowest BCUT2D eigenvalue weighted by Gasteiger charge is -2.32. The summed E-state index contributed by atoms with van der Waals surface area (Å²) in [5, 5.41) is 18.5. The van der Waals surface area contributed by atoms with Gasteiger partial charge in [0.1, 0.15) is 6.23 Å². The predicted molar refractivity (Wildman–Crippen MR) is 43.1 cm³/mol. The number of hydrogen-bond acceptors (Lipinski definition) is 3. The molecular formula is C8H17NO2. The maximum absolute atomic E-state index is 9.43. The molecule has 1 fully saturated rings. The summed E-state index contributed by atoms with van der Waals surface area (Å²) in [5.41, 5.74) is 0. The van der Waals surface area contributed by atoms with Crippen LogP contribution in [0.1, 0.15) is 26.2 Å². The quantitative estimate of drug-likeness (QED) is 0.603. The first kappa shape index (κ1) is 8.97. The summed E-state index contributed by atoms with van der Waals surface area (Å²) in [6.07, 6.45) is 2.25.